The minimum absolute atomic E-state index is 0.253. The Balaban J connectivity index is 2.69. The summed E-state index contributed by atoms with van der Waals surface area (Å²) in [6, 6.07) is 0.461. The van der Waals surface area contributed by atoms with E-state index in [2.05, 4.69) is 61.9 Å². The second-order valence-electron chi connectivity index (χ2n) is 6.32. The Morgan fingerprint density at radius 2 is 1.94 bits per heavy atom. The van der Waals surface area contributed by atoms with E-state index < -0.39 is 0 Å². The maximum atomic E-state index is 4.63. The highest BCUT2D eigenvalue weighted by molar-refractivity contribution is 5.35. The summed E-state index contributed by atoms with van der Waals surface area (Å²) in [4.78, 5) is 11.1. The number of nitrogens with one attached hydrogen (secondary N) is 1. The van der Waals surface area contributed by atoms with E-state index in [1.54, 1.807) is 0 Å². The summed E-state index contributed by atoms with van der Waals surface area (Å²) in [6.07, 6.45) is 3.65. The molecule has 102 valence electrons. The molecule has 0 spiro atoms. The lowest BCUT2D eigenvalue weighted by atomic mass is 9.96. The molecule has 0 radical (unpaired) electrons. The van der Waals surface area contributed by atoms with Gasteiger partial charge in [0.05, 0.1) is 11.9 Å². The van der Waals surface area contributed by atoms with Gasteiger partial charge in [0.2, 0.25) is 0 Å². The maximum Gasteiger partial charge on any atom is 0.147 e. The van der Waals surface area contributed by atoms with Crippen LogP contribution in [-0.4, -0.2) is 29.6 Å². The predicted molar refractivity (Wildman–Crippen MR) is 76.7 cm³/mol. The van der Waals surface area contributed by atoms with Crippen molar-refractivity contribution in [2.75, 3.05) is 18.5 Å². The van der Waals surface area contributed by atoms with Gasteiger partial charge in [0.15, 0.2) is 0 Å². The first kappa shape index (κ1) is 14.9. The van der Waals surface area contributed by atoms with Crippen LogP contribution in [-0.2, 0) is 6.54 Å². The van der Waals surface area contributed by atoms with Crippen LogP contribution in [0.1, 0.15) is 40.3 Å². The average Bonchev–Trinajstić information content (AvgIpc) is 2.24. The minimum atomic E-state index is 0.253. The van der Waals surface area contributed by atoms with Gasteiger partial charge in [0.25, 0.3) is 0 Å². The largest absolute Gasteiger partial charge is 0.358 e. The Morgan fingerprint density at radius 1 is 1.28 bits per heavy atom. The second-order valence-corrected chi connectivity index (χ2v) is 6.32. The average molecular weight is 250 g/mol. The fraction of sp³-hybridized carbons (Fsp3) is 0.714. The Kier molecular flexibility index (Phi) is 5.08. The molecule has 0 fully saturated rings. The summed E-state index contributed by atoms with van der Waals surface area (Å²) >= 11 is 0. The van der Waals surface area contributed by atoms with Gasteiger partial charge in [-0.05, 0) is 5.41 Å². The van der Waals surface area contributed by atoms with Crippen LogP contribution >= 0.6 is 0 Å². The molecule has 0 unspecified atom stereocenters. The number of hydrogen-bond acceptors (Lipinski definition) is 4. The topological polar surface area (TPSA) is 41.1 Å². The molecule has 4 nitrogen and oxygen atoms in total. The van der Waals surface area contributed by atoms with Crippen LogP contribution in [0.2, 0.25) is 0 Å². The second kappa shape index (κ2) is 6.14. The summed E-state index contributed by atoms with van der Waals surface area (Å²) in [6.45, 7) is 12.7. The summed E-state index contributed by atoms with van der Waals surface area (Å²) < 4.78 is 0. The van der Waals surface area contributed by atoms with Crippen molar-refractivity contribution < 1.29 is 0 Å². The van der Waals surface area contributed by atoms with Crippen molar-refractivity contribution in [2.24, 2.45) is 5.41 Å². The molecule has 0 aliphatic carbocycles. The third-order valence-corrected chi connectivity index (χ3v) is 2.47. The first-order valence-electron chi connectivity index (χ1n) is 6.53. The number of aromatic nitrogens is 2. The van der Waals surface area contributed by atoms with Crippen LogP contribution in [0.15, 0.2) is 12.4 Å². The Morgan fingerprint density at radius 3 is 2.50 bits per heavy atom. The lowest BCUT2D eigenvalue weighted by Crippen LogP contribution is -2.30. The highest BCUT2D eigenvalue weighted by atomic mass is 15.2. The first-order valence-corrected chi connectivity index (χ1v) is 6.53. The van der Waals surface area contributed by atoms with Gasteiger partial charge >= 0.3 is 0 Å². The molecule has 1 aromatic rings. The standard InChI is InChI=1S/C14H26N4/c1-11(2)16-8-12-7-15-9-13(17-12)18(6)10-14(3,4)5/h7,9,11,16H,8,10H2,1-6H3. The van der Waals surface area contributed by atoms with Gasteiger partial charge in [-0.3, -0.25) is 4.98 Å². The molecule has 0 aliphatic rings. The van der Waals surface area contributed by atoms with Gasteiger partial charge in [-0.2, -0.15) is 0 Å². The summed E-state index contributed by atoms with van der Waals surface area (Å²) in [5.74, 6) is 0.938. The van der Waals surface area contributed by atoms with Crippen molar-refractivity contribution >= 4 is 5.82 Å². The SMILES string of the molecule is CC(C)NCc1cncc(N(C)CC(C)(C)C)n1. The summed E-state index contributed by atoms with van der Waals surface area (Å²) in [5.41, 5.74) is 1.24. The molecule has 0 bridgehead atoms. The van der Waals surface area contributed by atoms with Gasteiger partial charge in [-0.1, -0.05) is 34.6 Å². The normalized spacial score (nSPS) is 11.9. The van der Waals surface area contributed by atoms with E-state index in [4.69, 9.17) is 0 Å². The molecule has 4 heteroatoms. The van der Waals surface area contributed by atoms with Crippen molar-refractivity contribution in [1.82, 2.24) is 15.3 Å². The predicted octanol–water partition coefficient (Wildman–Crippen LogP) is 2.46. The van der Waals surface area contributed by atoms with E-state index >= 15 is 0 Å². The van der Waals surface area contributed by atoms with Gasteiger partial charge in [-0.15, -0.1) is 0 Å². The molecule has 0 atom stereocenters. The molecular formula is C14H26N4. The van der Waals surface area contributed by atoms with Crippen molar-refractivity contribution in [2.45, 2.75) is 47.2 Å². The first-order chi connectivity index (χ1) is 8.28. The van der Waals surface area contributed by atoms with Gasteiger partial charge in [0, 0.05) is 32.4 Å². The fourth-order valence-corrected chi connectivity index (χ4v) is 1.77. The van der Waals surface area contributed by atoms with E-state index in [1.807, 2.05) is 12.4 Å². The highest BCUT2D eigenvalue weighted by Gasteiger charge is 2.15. The van der Waals surface area contributed by atoms with Crippen LogP contribution in [0.3, 0.4) is 0 Å². The van der Waals surface area contributed by atoms with E-state index in [0.717, 1.165) is 24.6 Å². The number of hydrogen-bond donors (Lipinski definition) is 1. The molecule has 1 aromatic heterocycles. The quantitative estimate of drug-likeness (QED) is 0.871. The zero-order valence-corrected chi connectivity index (χ0v) is 12.5. The molecule has 1 heterocycles. The van der Waals surface area contributed by atoms with E-state index in [0.29, 0.717) is 6.04 Å². The minimum Gasteiger partial charge on any atom is -0.358 e. The van der Waals surface area contributed by atoms with E-state index in [1.165, 1.54) is 0 Å². The van der Waals surface area contributed by atoms with Crippen LogP contribution in [0.4, 0.5) is 5.82 Å². The summed E-state index contributed by atoms with van der Waals surface area (Å²) in [5, 5.41) is 3.36. The number of nitrogens with zero attached hydrogens (tertiary/aromatic N) is 3. The van der Waals surface area contributed by atoms with Crippen molar-refractivity contribution in [3.63, 3.8) is 0 Å². The van der Waals surface area contributed by atoms with Crippen molar-refractivity contribution in [3.8, 4) is 0 Å². The molecule has 0 amide bonds. The smallest absolute Gasteiger partial charge is 0.147 e. The van der Waals surface area contributed by atoms with E-state index in [-0.39, 0.29) is 5.41 Å². The van der Waals surface area contributed by atoms with Crippen LogP contribution in [0.5, 0.6) is 0 Å². The molecule has 18 heavy (non-hydrogen) atoms. The lowest BCUT2D eigenvalue weighted by molar-refractivity contribution is 0.417. The van der Waals surface area contributed by atoms with Gasteiger partial charge < -0.3 is 10.2 Å². The molecule has 0 aromatic carbocycles. The fourth-order valence-electron chi connectivity index (χ4n) is 1.77. The monoisotopic (exact) mass is 250 g/mol. The van der Waals surface area contributed by atoms with Gasteiger partial charge in [-0.25, -0.2) is 4.98 Å². The molecular weight excluding hydrogens is 224 g/mol. The van der Waals surface area contributed by atoms with Crippen LogP contribution in [0, 0.1) is 5.41 Å². The van der Waals surface area contributed by atoms with Crippen molar-refractivity contribution in [3.05, 3.63) is 18.1 Å². The maximum absolute atomic E-state index is 4.63. The zero-order chi connectivity index (χ0) is 13.8. The Labute approximate surface area is 111 Å². The lowest BCUT2D eigenvalue weighted by Gasteiger charge is -2.27. The molecule has 1 N–H and O–H groups in total. The number of anilines is 1. The van der Waals surface area contributed by atoms with Gasteiger partial charge in [0.1, 0.15) is 5.82 Å². The molecule has 0 saturated carbocycles. The third-order valence-electron chi connectivity index (χ3n) is 2.47. The highest BCUT2D eigenvalue weighted by Crippen LogP contribution is 2.18. The zero-order valence-electron chi connectivity index (χ0n) is 12.5. The molecule has 0 aliphatic heterocycles. The Bertz CT molecular complexity index is 368. The molecule has 1 rings (SSSR count). The summed E-state index contributed by atoms with van der Waals surface area (Å²) in [7, 11) is 2.06. The third kappa shape index (κ3) is 5.45. The van der Waals surface area contributed by atoms with E-state index in [9.17, 15) is 0 Å². The molecule has 0 saturated heterocycles. The number of rotatable bonds is 5. The van der Waals surface area contributed by atoms with Crippen LogP contribution < -0.4 is 10.2 Å². The van der Waals surface area contributed by atoms with Crippen molar-refractivity contribution in [1.29, 1.82) is 0 Å². The Hall–Kier alpha value is -1.16. The van der Waals surface area contributed by atoms with Crippen LogP contribution in [0.25, 0.3) is 0 Å².